The van der Waals surface area contributed by atoms with Crippen molar-refractivity contribution in [3.05, 3.63) is 60.4 Å². The number of para-hydroxylation sites is 1. The van der Waals surface area contributed by atoms with Crippen molar-refractivity contribution in [1.29, 1.82) is 0 Å². The zero-order chi connectivity index (χ0) is 13.3. The van der Waals surface area contributed by atoms with Gasteiger partial charge in [0.05, 0.1) is 6.54 Å². The van der Waals surface area contributed by atoms with Gasteiger partial charge in [0.2, 0.25) is 5.91 Å². The Balaban J connectivity index is 1.65. The molecule has 0 bridgehead atoms. The Morgan fingerprint density at radius 3 is 2.68 bits per heavy atom. The van der Waals surface area contributed by atoms with E-state index in [0.29, 0.717) is 6.54 Å². The van der Waals surface area contributed by atoms with Crippen molar-refractivity contribution in [2.24, 2.45) is 0 Å². The fourth-order valence-corrected chi connectivity index (χ4v) is 1.71. The Bertz CT molecular complexity index is 499. The first-order valence-corrected chi connectivity index (χ1v) is 6.29. The Kier molecular flexibility index (Phi) is 5.07. The number of carbonyl (C=O) groups is 1. The maximum Gasteiger partial charge on any atom is 0.238 e. The Labute approximate surface area is 112 Å². The van der Waals surface area contributed by atoms with Crippen molar-refractivity contribution in [2.75, 3.05) is 18.4 Å². The van der Waals surface area contributed by atoms with Gasteiger partial charge in [0.25, 0.3) is 0 Å². The van der Waals surface area contributed by atoms with Crippen LogP contribution in [0, 0.1) is 0 Å². The van der Waals surface area contributed by atoms with Crippen molar-refractivity contribution < 1.29 is 4.79 Å². The molecular weight excluding hydrogens is 238 g/mol. The topological polar surface area (TPSA) is 54.0 Å². The second-order valence-corrected chi connectivity index (χ2v) is 4.20. The van der Waals surface area contributed by atoms with E-state index in [4.69, 9.17) is 0 Å². The molecule has 2 aromatic rings. The van der Waals surface area contributed by atoms with E-state index in [9.17, 15) is 4.79 Å². The molecule has 1 aromatic heterocycles. The summed E-state index contributed by atoms with van der Waals surface area (Å²) in [6.45, 7) is 1.07. The SMILES string of the molecule is O=C(CNCCc1cccnc1)Nc1ccccc1. The van der Waals surface area contributed by atoms with Crippen molar-refractivity contribution in [3.63, 3.8) is 0 Å². The van der Waals surface area contributed by atoms with Gasteiger partial charge in [-0.25, -0.2) is 0 Å². The van der Waals surface area contributed by atoms with E-state index < -0.39 is 0 Å². The predicted molar refractivity (Wildman–Crippen MR) is 75.9 cm³/mol. The largest absolute Gasteiger partial charge is 0.325 e. The molecule has 0 saturated heterocycles. The molecule has 0 spiro atoms. The van der Waals surface area contributed by atoms with E-state index in [1.54, 1.807) is 6.20 Å². The van der Waals surface area contributed by atoms with Crippen LogP contribution in [0.15, 0.2) is 54.9 Å². The van der Waals surface area contributed by atoms with Gasteiger partial charge in [0.1, 0.15) is 0 Å². The summed E-state index contributed by atoms with van der Waals surface area (Å²) in [6, 6.07) is 13.4. The highest BCUT2D eigenvalue weighted by atomic mass is 16.1. The highest BCUT2D eigenvalue weighted by Gasteiger charge is 2.00. The second kappa shape index (κ2) is 7.28. The lowest BCUT2D eigenvalue weighted by Crippen LogP contribution is -2.29. The molecule has 4 nitrogen and oxygen atoms in total. The number of pyridine rings is 1. The third kappa shape index (κ3) is 4.89. The van der Waals surface area contributed by atoms with Gasteiger partial charge in [0, 0.05) is 18.1 Å². The molecular formula is C15H17N3O. The van der Waals surface area contributed by atoms with Crippen molar-refractivity contribution in [2.45, 2.75) is 6.42 Å². The Hall–Kier alpha value is -2.20. The van der Waals surface area contributed by atoms with E-state index in [-0.39, 0.29) is 5.91 Å². The summed E-state index contributed by atoms with van der Waals surface area (Å²) in [5.74, 6) is -0.0302. The highest BCUT2D eigenvalue weighted by molar-refractivity contribution is 5.92. The van der Waals surface area contributed by atoms with Gasteiger partial charge in [-0.15, -0.1) is 0 Å². The van der Waals surface area contributed by atoms with Crippen LogP contribution < -0.4 is 10.6 Å². The fourth-order valence-electron chi connectivity index (χ4n) is 1.71. The van der Waals surface area contributed by atoms with Crippen LogP contribution >= 0.6 is 0 Å². The first kappa shape index (κ1) is 13.2. The molecule has 0 atom stereocenters. The normalized spacial score (nSPS) is 10.1. The number of rotatable bonds is 6. The number of aromatic nitrogens is 1. The Morgan fingerprint density at radius 1 is 1.11 bits per heavy atom. The minimum absolute atomic E-state index is 0.0302. The number of amides is 1. The number of anilines is 1. The van der Waals surface area contributed by atoms with E-state index in [1.807, 2.05) is 48.7 Å². The molecule has 98 valence electrons. The molecule has 2 N–H and O–H groups in total. The molecule has 19 heavy (non-hydrogen) atoms. The molecule has 1 heterocycles. The molecule has 0 fully saturated rings. The molecule has 0 aliphatic heterocycles. The molecule has 4 heteroatoms. The minimum Gasteiger partial charge on any atom is -0.325 e. The van der Waals surface area contributed by atoms with Crippen molar-refractivity contribution in [1.82, 2.24) is 10.3 Å². The molecule has 0 saturated carbocycles. The summed E-state index contributed by atoms with van der Waals surface area (Å²) in [4.78, 5) is 15.7. The average Bonchev–Trinajstić information content (AvgIpc) is 2.46. The monoisotopic (exact) mass is 255 g/mol. The van der Waals surface area contributed by atoms with E-state index in [2.05, 4.69) is 15.6 Å². The highest BCUT2D eigenvalue weighted by Crippen LogP contribution is 2.03. The van der Waals surface area contributed by atoms with Gasteiger partial charge < -0.3 is 10.6 Å². The third-order valence-electron chi connectivity index (χ3n) is 2.66. The van der Waals surface area contributed by atoms with Gasteiger partial charge in [-0.3, -0.25) is 9.78 Å². The molecule has 0 radical (unpaired) electrons. The smallest absolute Gasteiger partial charge is 0.238 e. The average molecular weight is 255 g/mol. The fraction of sp³-hybridized carbons (Fsp3) is 0.200. The second-order valence-electron chi connectivity index (χ2n) is 4.20. The zero-order valence-electron chi connectivity index (χ0n) is 10.7. The molecule has 0 unspecified atom stereocenters. The van der Waals surface area contributed by atoms with Crippen molar-refractivity contribution >= 4 is 11.6 Å². The summed E-state index contributed by atoms with van der Waals surface area (Å²) < 4.78 is 0. The maximum absolute atomic E-state index is 11.6. The van der Waals surface area contributed by atoms with Crippen LogP contribution in [0.2, 0.25) is 0 Å². The summed E-state index contributed by atoms with van der Waals surface area (Å²) in [7, 11) is 0. The Morgan fingerprint density at radius 2 is 1.95 bits per heavy atom. The van der Waals surface area contributed by atoms with Crippen LogP contribution in [-0.4, -0.2) is 24.0 Å². The first-order chi connectivity index (χ1) is 9.34. The van der Waals surface area contributed by atoms with Crippen LogP contribution in [0.1, 0.15) is 5.56 Å². The summed E-state index contributed by atoms with van der Waals surface area (Å²) in [5.41, 5.74) is 1.99. The maximum atomic E-state index is 11.6. The number of nitrogens with one attached hydrogen (secondary N) is 2. The lowest BCUT2D eigenvalue weighted by molar-refractivity contribution is -0.115. The molecule has 0 aliphatic carbocycles. The zero-order valence-corrected chi connectivity index (χ0v) is 10.7. The molecule has 1 aromatic carbocycles. The molecule has 1 amide bonds. The lowest BCUT2D eigenvalue weighted by Gasteiger charge is -2.06. The number of benzene rings is 1. The van der Waals surface area contributed by atoms with Crippen LogP contribution in [0.25, 0.3) is 0 Å². The van der Waals surface area contributed by atoms with Crippen LogP contribution in [0.4, 0.5) is 5.69 Å². The number of hydrogen-bond donors (Lipinski definition) is 2. The van der Waals surface area contributed by atoms with Gasteiger partial charge in [-0.05, 0) is 36.7 Å². The summed E-state index contributed by atoms with van der Waals surface area (Å²) in [5, 5.41) is 5.94. The molecule has 0 aliphatic rings. The predicted octanol–water partition coefficient (Wildman–Crippen LogP) is 1.85. The first-order valence-electron chi connectivity index (χ1n) is 6.29. The van der Waals surface area contributed by atoms with Gasteiger partial charge >= 0.3 is 0 Å². The number of nitrogens with zero attached hydrogens (tertiary/aromatic N) is 1. The van der Waals surface area contributed by atoms with Crippen LogP contribution in [0.3, 0.4) is 0 Å². The van der Waals surface area contributed by atoms with Crippen LogP contribution in [-0.2, 0) is 11.2 Å². The van der Waals surface area contributed by atoms with E-state index in [1.165, 1.54) is 5.56 Å². The van der Waals surface area contributed by atoms with E-state index in [0.717, 1.165) is 18.7 Å². The quantitative estimate of drug-likeness (QED) is 0.775. The summed E-state index contributed by atoms with van der Waals surface area (Å²) in [6.07, 6.45) is 4.46. The lowest BCUT2D eigenvalue weighted by atomic mass is 10.2. The van der Waals surface area contributed by atoms with Crippen LogP contribution in [0.5, 0.6) is 0 Å². The van der Waals surface area contributed by atoms with Crippen molar-refractivity contribution in [3.8, 4) is 0 Å². The third-order valence-corrected chi connectivity index (χ3v) is 2.66. The van der Waals surface area contributed by atoms with Gasteiger partial charge in [-0.1, -0.05) is 24.3 Å². The van der Waals surface area contributed by atoms with E-state index >= 15 is 0 Å². The number of hydrogen-bond acceptors (Lipinski definition) is 3. The van der Waals surface area contributed by atoms with Gasteiger partial charge in [0.15, 0.2) is 0 Å². The summed E-state index contributed by atoms with van der Waals surface area (Å²) >= 11 is 0. The molecule has 2 rings (SSSR count). The van der Waals surface area contributed by atoms with Gasteiger partial charge in [-0.2, -0.15) is 0 Å². The standard InChI is InChI=1S/C15H17N3O/c19-15(18-14-6-2-1-3-7-14)12-17-10-8-13-5-4-9-16-11-13/h1-7,9,11,17H,8,10,12H2,(H,18,19). The number of carbonyl (C=O) groups excluding carboxylic acids is 1. The minimum atomic E-state index is -0.0302.